The molecule has 0 aliphatic heterocycles. The van der Waals surface area contributed by atoms with Crippen molar-refractivity contribution < 1.29 is 0 Å². The van der Waals surface area contributed by atoms with Crippen molar-refractivity contribution in [3.63, 3.8) is 0 Å². The lowest BCUT2D eigenvalue weighted by Crippen LogP contribution is -2.12. The highest BCUT2D eigenvalue weighted by atomic mass is 15.0. The second kappa shape index (κ2) is 4.60. The molecule has 1 aliphatic rings. The van der Waals surface area contributed by atoms with Crippen LogP contribution in [-0.2, 0) is 13.0 Å². The zero-order valence-electron chi connectivity index (χ0n) is 8.65. The third-order valence-electron chi connectivity index (χ3n) is 3.13. The summed E-state index contributed by atoms with van der Waals surface area (Å²) in [5.74, 6) is 0.876. The van der Waals surface area contributed by atoms with Crippen molar-refractivity contribution in [3.05, 3.63) is 18.2 Å². The minimum absolute atomic E-state index is 0.719. The SMILES string of the molecule is NCCc1cncn1CC1CCCC1. The van der Waals surface area contributed by atoms with Crippen molar-refractivity contribution in [2.75, 3.05) is 6.54 Å². The van der Waals surface area contributed by atoms with Gasteiger partial charge in [0.2, 0.25) is 0 Å². The van der Waals surface area contributed by atoms with Gasteiger partial charge in [0, 0.05) is 24.9 Å². The first kappa shape index (κ1) is 9.71. The Bertz CT molecular complexity index is 274. The normalized spacial score (nSPS) is 17.8. The van der Waals surface area contributed by atoms with E-state index in [9.17, 15) is 0 Å². The second-order valence-corrected chi connectivity index (χ2v) is 4.23. The maximum absolute atomic E-state index is 5.56. The number of hydrogen-bond donors (Lipinski definition) is 1. The van der Waals surface area contributed by atoms with Gasteiger partial charge in [0.25, 0.3) is 0 Å². The van der Waals surface area contributed by atoms with Crippen molar-refractivity contribution in [1.29, 1.82) is 0 Å². The van der Waals surface area contributed by atoms with Gasteiger partial charge in [-0.05, 0) is 25.3 Å². The summed E-state index contributed by atoms with van der Waals surface area (Å²) in [4.78, 5) is 4.19. The monoisotopic (exact) mass is 193 g/mol. The molecule has 0 bridgehead atoms. The fraction of sp³-hybridized carbons (Fsp3) is 0.727. The highest BCUT2D eigenvalue weighted by molar-refractivity contribution is 4.99. The summed E-state index contributed by atoms with van der Waals surface area (Å²) in [6.07, 6.45) is 10.4. The van der Waals surface area contributed by atoms with Crippen LogP contribution in [0.5, 0.6) is 0 Å². The molecular weight excluding hydrogens is 174 g/mol. The molecule has 1 saturated carbocycles. The average molecular weight is 193 g/mol. The van der Waals surface area contributed by atoms with Crippen LogP contribution in [0, 0.1) is 5.92 Å². The van der Waals surface area contributed by atoms with Crippen LogP contribution in [0.3, 0.4) is 0 Å². The van der Waals surface area contributed by atoms with Crippen LogP contribution in [0.2, 0.25) is 0 Å². The lowest BCUT2D eigenvalue weighted by Gasteiger charge is -2.12. The molecular formula is C11H19N3. The quantitative estimate of drug-likeness (QED) is 0.789. The molecule has 1 heterocycles. The van der Waals surface area contributed by atoms with E-state index in [1.54, 1.807) is 0 Å². The Morgan fingerprint density at radius 2 is 2.21 bits per heavy atom. The lowest BCUT2D eigenvalue weighted by molar-refractivity contribution is 0.448. The predicted octanol–water partition coefficient (Wildman–Crippen LogP) is 1.57. The van der Waals surface area contributed by atoms with E-state index in [1.165, 1.54) is 31.4 Å². The van der Waals surface area contributed by atoms with Crippen LogP contribution in [0.1, 0.15) is 31.4 Å². The average Bonchev–Trinajstić information content (AvgIpc) is 2.80. The standard InChI is InChI=1S/C11H19N3/c12-6-5-11-7-13-9-14(11)8-10-3-1-2-4-10/h7,9-10H,1-6,8,12H2. The molecule has 1 fully saturated rings. The predicted molar refractivity (Wildman–Crippen MR) is 56.9 cm³/mol. The lowest BCUT2D eigenvalue weighted by atomic mass is 10.1. The molecule has 1 aromatic heterocycles. The van der Waals surface area contributed by atoms with Gasteiger partial charge < -0.3 is 10.3 Å². The van der Waals surface area contributed by atoms with Gasteiger partial charge in [-0.3, -0.25) is 0 Å². The Morgan fingerprint density at radius 3 is 2.93 bits per heavy atom. The minimum atomic E-state index is 0.719. The van der Waals surface area contributed by atoms with Crippen molar-refractivity contribution >= 4 is 0 Å². The van der Waals surface area contributed by atoms with Gasteiger partial charge in [-0.15, -0.1) is 0 Å². The van der Waals surface area contributed by atoms with Gasteiger partial charge in [-0.2, -0.15) is 0 Å². The topological polar surface area (TPSA) is 43.8 Å². The van der Waals surface area contributed by atoms with Gasteiger partial charge in [0.05, 0.1) is 6.33 Å². The van der Waals surface area contributed by atoms with Gasteiger partial charge in [0.15, 0.2) is 0 Å². The maximum Gasteiger partial charge on any atom is 0.0948 e. The largest absolute Gasteiger partial charge is 0.334 e. The number of aromatic nitrogens is 2. The summed E-state index contributed by atoms with van der Waals surface area (Å²) in [6, 6.07) is 0. The third-order valence-corrected chi connectivity index (χ3v) is 3.13. The number of nitrogens with zero attached hydrogens (tertiary/aromatic N) is 2. The fourth-order valence-corrected chi connectivity index (χ4v) is 2.34. The maximum atomic E-state index is 5.56. The molecule has 0 spiro atoms. The van der Waals surface area contributed by atoms with Crippen molar-refractivity contribution in [3.8, 4) is 0 Å². The Morgan fingerprint density at radius 1 is 1.43 bits per heavy atom. The van der Waals surface area contributed by atoms with Crippen LogP contribution < -0.4 is 5.73 Å². The first-order valence-electron chi connectivity index (χ1n) is 5.59. The molecule has 2 N–H and O–H groups in total. The molecule has 2 rings (SSSR count). The summed E-state index contributed by atoms with van der Waals surface area (Å²) in [6.45, 7) is 1.87. The van der Waals surface area contributed by atoms with Crippen LogP contribution in [0.25, 0.3) is 0 Å². The molecule has 0 unspecified atom stereocenters. The van der Waals surface area contributed by atoms with E-state index < -0.39 is 0 Å². The van der Waals surface area contributed by atoms with E-state index in [0.29, 0.717) is 0 Å². The van der Waals surface area contributed by atoms with E-state index >= 15 is 0 Å². The third kappa shape index (κ3) is 2.15. The molecule has 0 amide bonds. The van der Waals surface area contributed by atoms with Crippen LogP contribution >= 0.6 is 0 Å². The minimum Gasteiger partial charge on any atom is -0.334 e. The van der Waals surface area contributed by atoms with E-state index in [4.69, 9.17) is 5.73 Å². The van der Waals surface area contributed by atoms with Crippen molar-refractivity contribution in [2.24, 2.45) is 11.7 Å². The smallest absolute Gasteiger partial charge is 0.0948 e. The second-order valence-electron chi connectivity index (χ2n) is 4.23. The van der Waals surface area contributed by atoms with E-state index in [-0.39, 0.29) is 0 Å². The van der Waals surface area contributed by atoms with Crippen LogP contribution in [0.15, 0.2) is 12.5 Å². The van der Waals surface area contributed by atoms with Gasteiger partial charge >= 0.3 is 0 Å². The summed E-state index contributed by atoms with van der Waals surface area (Å²) in [5, 5.41) is 0. The first-order valence-corrected chi connectivity index (χ1v) is 5.59. The molecule has 0 atom stereocenters. The number of rotatable bonds is 4. The molecule has 78 valence electrons. The van der Waals surface area contributed by atoms with Gasteiger partial charge in [-0.25, -0.2) is 4.98 Å². The first-order chi connectivity index (χ1) is 6.90. The molecule has 14 heavy (non-hydrogen) atoms. The molecule has 0 saturated heterocycles. The summed E-state index contributed by atoms with van der Waals surface area (Å²) >= 11 is 0. The van der Waals surface area contributed by atoms with Gasteiger partial charge in [-0.1, -0.05) is 12.8 Å². The van der Waals surface area contributed by atoms with E-state index in [2.05, 4.69) is 9.55 Å². The highest BCUT2D eigenvalue weighted by Gasteiger charge is 2.16. The summed E-state index contributed by atoms with van der Waals surface area (Å²) in [7, 11) is 0. The van der Waals surface area contributed by atoms with Crippen molar-refractivity contribution in [1.82, 2.24) is 9.55 Å². The Labute approximate surface area is 85.3 Å². The van der Waals surface area contributed by atoms with Crippen LogP contribution in [0.4, 0.5) is 0 Å². The zero-order valence-corrected chi connectivity index (χ0v) is 8.65. The fourth-order valence-electron chi connectivity index (χ4n) is 2.34. The molecule has 3 nitrogen and oxygen atoms in total. The van der Waals surface area contributed by atoms with E-state index in [0.717, 1.165) is 25.4 Å². The molecule has 3 heteroatoms. The van der Waals surface area contributed by atoms with Crippen LogP contribution in [-0.4, -0.2) is 16.1 Å². The van der Waals surface area contributed by atoms with Crippen molar-refractivity contribution in [2.45, 2.75) is 38.6 Å². The number of imidazole rings is 1. The molecule has 1 aliphatic carbocycles. The zero-order chi connectivity index (χ0) is 9.80. The van der Waals surface area contributed by atoms with Gasteiger partial charge in [0.1, 0.15) is 0 Å². The Kier molecular flexibility index (Phi) is 3.19. The number of hydrogen-bond acceptors (Lipinski definition) is 2. The molecule has 0 radical (unpaired) electrons. The summed E-state index contributed by atoms with van der Waals surface area (Å²) < 4.78 is 2.28. The number of nitrogens with two attached hydrogens (primary N) is 1. The Balaban J connectivity index is 1.96. The summed E-state index contributed by atoms with van der Waals surface area (Å²) in [5.41, 5.74) is 6.85. The molecule has 1 aromatic rings. The molecule has 0 aromatic carbocycles. The Hall–Kier alpha value is -0.830. The highest BCUT2D eigenvalue weighted by Crippen LogP contribution is 2.26. The van der Waals surface area contributed by atoms with E-state index in [1.807, 2.05) is 12.5 Å².